The first-order valence-electron chi connectivity index (χ1n) is 8.52. The van der Waals surface area contributed by atoms with Crippen LogP contribution < -0.4 is 16.4 Å². The number of aromatic nitrogens is 2. The molecule has 0 aliphatic heterocycles. The number of nitrogens with zero attached hydrogens (tertiary/aromatic N) is 1. The summed E-state index contributed by atoms with van der Waals surface area (Å²) in [6.07, 6.45) is 4.62. The van der Waals surface area contributed by atoms with Crippen LogP contribution in [0.1, 0.15) is 25.0 Å². The molecule has 0 saturated carbocycles. The lowest BCUT2D eigenvalue weighted by Gasteiger charge is -2.22. The average Bonchev–Trinajstić information content (AvgIpc) is 3.15. The number of rotatable bonds is 13. The minimum Gasteiger partial charge on any atom is -0.481 e. The molecule has 156 valence electrons. The summed E-state index contributed by atoms with van der Waals surface area (Å²) in [6.45, 7) is 0. The van der Waals surface area contributed by atoms with Gasteiger partial charge in [-0.3, -0.25) is 14.4 Å². The summed E-state index contributed by atoms with van der Waals surface area (Å²) in [5, 5.41) is 22.8. The van der Waals surface area contributed by atoms with Crippen molar-refractivity contribution in [3.05, 3.63) is 18.2 Å². The zero-order valence-electron chi connectivity index (χ0n) is 15.4. The fourth-order valence-corrected chi connectivity index (χ4v) is 2.75. The molecule has 0 radical (unpaired) electrons. The Morgan fingerprint density at radius 3 is 2.39 bits per heavy atom. The van der Waals surface area contributed by atoms with Gasteiger partial charge in [0.2, 0.25) is 11.8 Å². The lowest BCUT2D eigenvalue weighted by molar-refractivity contribution is -0.142. The Labute approximate surface area is 165 Å². The standard InChI is InChI=1S/C16H25N5O6S/c1-28-5-4-11(16(26)27)20-15(25)12(6-9-7-18-8-19-9)21-14(24)10(17)2-3-13(22)23/h7-8,10-12H,2-6,17H2,1H3,(H,18,19)(H,20,25)(H,21,24)(H,22,23)(H,26,27)/t10-,11-,12-/m0/s1. The molecule has 1 aromatic rings. The van der Waals surface area contributed by atoms with Crippen LogP contribution in [0.25, 0.3) is 0 Å². The third-order valence-corrected chi connectivity index (χ3v) is 4.48. The fraction of sp³-hybridized carbons (Fsp3) is 0.562. The molecule has 0 saturated heterocycles. The lowest BCUT2D eigenvalue weighted by Crippen LogP contribution is -2.55. The molecular formula is C16H25N5O6S. The number of carboxylic acid groups (broad SMARTS) is 2. The Bertz CT molecular complexity index is 668. The van der Waals surface area contributed by atoms with E-state index in [1.165, 1.54) is 18.1 Å². The molecule has 0 aliphatic rings. The predicted molar refractivity (Wildman–Crippen MR) is 102 cm³/mol. The second kappa shape index (κ2) is 12.0. The number of thioether (sulfide) groups is 1. The molecule has 1 heterocycles. The zero-order valence-corrected chi connectivity index (χ0v) is 16.2. The summed E-state index contributed by atoms with van der Waals surface area (Å²) >= 11 is 1.45. The molecule has 28 heavy (non-hydrogen) atoms. The van der Waals surface area contributed by atoms with Crippen molar-refractivity contribution < 1.29 is 29.4 Å². The number of hydrogen-bond acceptors (Lipinski definition) is 7. The van der Waals surface area contributed by atoms with Gasteiger partial charge in [0.15, 0.2) is 0 Å². The highest BCUT2D eigenvalue weighted by molar-refractivity contribution is 7.98. The smallest absolute Gasteiger partial charge is 0.326 e. The van der Waals surface area contributed by atoms with E-state index in [1.54, 1.807) is 6.20 Å². The first kappa shape index (κ1) is 23.4. The van der Waals surface area contributed by atoms with E-state index < -0.39 is 41.9 Å². The maximum absolute atomic E-state index is 12.6. The van der Waals surface area contributed by atoms with Gasteiger partial charge in [-0.05, 0) is 24.9 Å². The number of H-pyrrole nitrogens is 1. The fourth-order valence-electron chi connectivity index (χ4n) is 2.28. The predicted octanol–water partition coefficient (Wildman–Crippen LogP) is -1.05. The van der Waals surface area contributed by atoms with Gasteiger partial charge in [-0.2, -0.15) is 11.8 Å². The summed E-state index contributed by atoms with van der Waals surface area (Å²) in [4.78, 5) is 53.5. The van der Waals surface area contributed by atoms with Gasteiger partial charge in [0, 0.05) is 19.0 Å². The summed E-state index contributed by atoms with van der Waals surface area (Å²) in [6, 6.07) is -3.32. The number of aromatic amines is 1. The van der Waals surface area contributed by atoms with E-state index in [0.29, 0.717) is 11.4 Å². The lowest BCUT2D eigenvalue weighted by atomic mass is 10.1. The van der Waals surface area contributed by atoms with Gasteiger partial charge in [0.1, 0.15) is 12.1 Å². The van der Waals surface area contributed by atoms with Crippen molar-refractivity contribution in [1.29, 1.82) is 0 Å². The van der Waals surface area contributed by atoms with Crippen molar-refractivity contribution >= 4 is 35.5 Å². The molecule has 0 fully saturated rings. The third-order valence-electron chi connectivity index (χ3n) is 3.83. The van der Waals surface area contributed by atoms with Crippen LogP contribution in [0.2, 0.25) is 0 Å². The number of amides is 2. The third kappa shape index (κ3) is 8.39. The van der Waals surface area contributed by atoms with Crippen molar-refractivity contribution in [2.75, 3.05) is 12.0 Å². The van der Waals surface area contributed by atoms with Crippen molar-refractivity contribution in [3.8, 4) is 0 Å². The largest absolute Gasteiger partial charge is 0.481 e. The van der Waals surface area contributed by atoms with Gasteiger partial charge in [-0.1, -0.05) is 0 Å². The summed E-state index contributed by atoms with van der Waals surface area (Å²) in [7, 11) is 0. The highest BCUT2D eigenvalue weighted by atomic mass is 32.2. The second-order valence-corrected chi connectivity index (χ2v) is 7.03. The normalized spacial score (nSPS) is 13.9. The molecule has 2 amide bonds. The number of nitrogens with one attached hydrogen (secondary N) is 3. The van der Waals surface area contributed by atoms with Crippen LogP contribution in [0, 0.1) is 0 Å². The van der Waals surface area contributed by atoms with Crippen LogP contribution >= 0.6 is 11.8 Å². The molecule has 0 aromatic carbocycles. The highest BCUT2D eigenvalue weighted by Crippen LogP contribution is 2.05. The van der Waals surface area contributed by atoms with E-state index in [9.17, 15) is 24.3 Å². The molecule has 0 aliphatic carbocycles. The van der Waals surface area contributed by atoms with Gasteiger partial charge in [0.25, 0.3) is 0 Å². The van der Waals surface area contributed by atoms with Gasteiger partial charge in [-0.25, -0.2) is 9.78 Å². The summed E-state index contributed by atoms with van der Waals surface area (Å²) in [5.74, 6) is -3.12. The maximum atomic E-state index is 12.6. The van der Waals surface area contributed by atoms with Gasteiger partial charge in [-0.15, -0.1) is 0 Å². The minimum atomic E-state index is -1.18. The van der Waals surface area contributed by atoms with Crippen LogP contribution in [-0.4, -0.2) is 74.1 Å². The molecule has 1 rings (SSSR count). The van der Waals surface area contributed by atoms with E-state index in [-0.39, 0.29) is 25.7 Å². The van der Waals surface area contributed by atoms with E-state index in [0.717, 1.165) is 0 Å². The highest BCUT2D eigenvalue weighted by Gasteiger charge is 2.28. The van der Waals surface area contributed by atoms with Crippen LogP contribution in [0.4, 0.5) is 0 Å². The van der Waals surface area contributed by atoms with Crippen LogP contribution in [0.15, 0.2) is 12.5 Å². The van der Waals surface area contributed by atoms with Crippen LogP contribution in [-0.2, 0) is 25.6 Å². The van der Waals surface area contributed by atoms with E-state index in [4.69, 9.17) is 10.8 Å². The molecule has 0 bridgehead atoms. The van der Waals surface area contributed by atoms with E-state index >= 15 is 0 Å². The van der Waals surface area contributed by atoms with Crippen molar-refractivity contribution in [1.82, 2.24) is 20.6 Å². The number of nitrogens with two attached hydrogens (primary N) is 1. The molecule has 0 unspecified atom stereocenters. The molecular weight excluding hydrogens is 390 g/mol. The quantitative estimate of drug-likeness (QED) is 0.234. The van der Waals surface area contributed by atoms with E-state index in [2.05, 4.69) is 20.6 Å². The zero-order chi connectivity index (χ0) is 21.1. The number of aliphatic carboxylic acids is 2. The Balaban J connectivity index is 2.82. The van der Waals surface area contributed by atoms with Gasteiger partial charge in [0.05, 0.1) is 18.1 Å². The molecule has 7 N–H and O–H groups in total. The van der Waals surface area contributed by atoms with Crippen molar-refractivity contribution in [2.24, 2.45) is 5.73 Å². The van der Waals surface area contributed by atoms with Crippen LogP contribution in [0.5, 0.6) is 0 Å². The Morgan fingerprint density at radius 1 is 1.18 bits per heavy atom. The Morgan fingerprint density at radius 2 is 1.86 bits per heavy atom. The Kier molecular flexibility index (Phi) is 10.0. The number of carbonyl (C=O) groups excluding carboxylic acids is 2. The van der Waals surface area contributed by atoms with Crippen molar-refractivity contribution in [3.63, 3.8) is 0 Å². The minimum absolute atomic E-state index is 0.0155. The molecule has 11 nitrogen and oxygen atoms in total. The SMILES string of the molecule is CSCC[C@H](NC(=O)[C@H](Cc1c[nH]cn1)NC(=O)[C@@H](N)CCC(=O)O)C(=O)O. The molecule has 0 spiro atoms. The first-order valence-corrected chi connectivity index (χ1v) is 9.91. The molecule has 1 aromatic heterocycles. The average molecular weight is 415 g/mol. The van der Waals surface area contributed by atoms with Gasteiger partial charge < -0.3 is 31.6 Å². The topological polar surface area (TPSA) is 187 Å². The van der Waals surface area contributed by atoms with Crippen LogP contribution in [0.3, 0.4) is 0 Å². The Hall–Kier alpha value is -2.60. The number of hydrogen-bond donors (Lipinski definition) is 6. The second-order valence-electron chi connectivity index (χ2n) is 6.05. The number of carboxylic acids is 2. The van der Waals surface area contributed by atoms with E-state index in [1.807, 2.05) is 6.26 Å². The number of carbonyl (C=O) groups is 4. The molecule has 3 atom stereocenters. The maximum Gasteiger partial charge on any atom is 0.326 e. The summed E-state index contributed by atoms with van der Waals surface area (Å²) in [5.41, 5.74) is 6.16. The summed E-state index contributed by atoms with van der Waals surface area (Å²) < 4.78 is 0. The monoisotopic (exact) mass is 415 g/mol. The number of imidazole rings is 1. The van der Waals surface area contributed by atoms with Gasteiger partial charge >= 0.3 is 11.9 Å². The molecule has 12 heteroatoms. The van der Waals surface area contributed by atoms with Crippen molar-refractivity contribution in [2.45, 2.75) is 43.8 Å². The first-order chi connectivity index (χ1) is 13.2.